The second-order valence-corrected chi connectivity index (χ2v) is 50.3. The molecule has 0 heteroatoms. The second-order valence-electron chi connectivity index (χ2n) is 50.3. The lowest BCUT2D eigenvalue weighted by molar-refractivity contribution is 0.190. The monoisotopic (exact) mass is 1710 g/mol. The summed E-state index contributed by atoms with van der Waals surface area (Å²) in [4.78, 5) is 0. The van der Waals surface area contributed by atoms with Crippen LogP contribution in [0, 0.1) is 144 Å². The van der Waals surface area contributed by atoms with Gasteiger partial charge in [-0.25, -0.2) is 0 Å². The van der Waals surface area contributed by atoms with E-state index >= 15 is 0 Å². The average molecular weight is 1710 g/mol. The average Bonchev–Trinajstić information content (AvgIpc) is 1.70. The third-order valence-electron chi connectivity index (χ3n) is 29.9. The van der Waals surface area contributed by atoms with Crippen molar-refractivity contribution in [3.05, 3.63) is 166 Å². The molecule has 9 atom stereocenters. The molecule has 0 aliphatic heterocycles. The van der Waals surface area contributed by atoms with Crippen LogP contribution in [0.25, 0.3) is 0 Å². The molecule has 0 amide bonds. The fourth-order valence-electron chi connectivity index (χ4n) is 18.0. The first-order valence-electron chi connectivity index (χ1n) is 53.2. The molecule has 17 rings (SSSR count). The Kier molecular flexibility index (Phi) is 59.8. The maximum absolute atomic E-state index is 2.42. The number of hydrogen-bond acceptors (Lipinski definition) is 0. The Bertz CT molecular complexity index is 3120. The van der Waals surface area contributed by atoms with Crippen LogP contribution in [0.2, 0.25) is 0 Å². The van der Waals surface area contributed by atoms with Crippen molar-refractivity contribution >= 4 is 0 Å². The van der Waals surface area contributed by atoms with Crippen molar-refractivity contribution in [1.82, 2.24) is 0 Å². The summed E-state index contributed by atoms with van der Waals surface area (Å²) in [7, 11) is 0. The molecular formula is C124H220. The first kappa shape index (κ1) is 118. The van der Waals surface area contributed by atoms with E-state index in [1.165, 1.54) is 316 Å². The highest BCUT2D eigenvalue weighted by molar-refractivity contribution is 5.24. The van der Waals surface area contributed by atoms with Gasteiger partial charge in [-0.2, -0.15) is 0 Å². The lowest BCUT2D eigenvalue weighted by atomic mass is 9.72. The molecule has 0 saturated heterocycles. The van der Waals surface area contributed by atoms with E-state index in [9.17, 15) is 0 Å². The zero-order valence-corrected chi connectivity index (χ0v) is 90.4. The Morgan fingerprint density at radius 2 is 0.581 bits per heavy atom. The van der Waals surface area contributed by atoms with Gasteiger partial charge in [0.1, 0.15) is 0 Å². The predicted octanol–water partition coefficient (Wildman–Crippen LogP) is 42.2. The summed E-state index contributed by atoms with van der Waals surface area (Å²) in [6.45, 7) is 77.8. The van der Waals surface area contributed by atoms with Crippen molar-refractivity contribution in [2.75, 3.05) is 0 Å². The van der Waals surface area contributed by atoms with Gasteiger partial charge in [-0.3, -0.25) is 0 Å². The Hall–Kier alpha value is -3.64. The van der Waals surface area contributed by atoms with E-state index in [-0.39, 0.29) is 0 Å². The van der Waals surface area contributed by atoms with Gasteiger partial charge in [-0.15, -0.1) is 0 Å². The Balaban J connectivity index is 0.000000660. The third kappa shape index (κ3) is 69.3. The van der Waals surface area contributed by atoms with Crippen LogP contribution in [0.15, 0.2) is 133 Å². The second kappa shape index (κ2) is 62.7. The van der Waals surface area contributed by atoms with Crippen LogP contribution in [-0.4, -0.2) is 0 Å². The summed E-state index contributed by atoms with van der Waals surface area (Å²) in [6.07, 6.45) is 83.4. The SMILES string of the molecule is CC1(C)C=CC=C1.CC1(C)C=CCC1.CC1(C)CC1.CC1(C)CC=CCC1.CC1(C)CCC1.CC1(C)CCCC1.CC1(C)CCCCC1.CC1(C)CCCCCC1.CC1(C)CCCCCCC1.CC1=CCC(C)C1.CC1CC1C.CC1CCC(C)C1.CC1CCC1C.CC1CCCC(C)C1.Cc1ccc(C)cc1.Cc1cccc(C)c1.Cc1ccccc1C. The maximum atomic E-state index is 2.42. The van der Waals surface area contributed by atoms with Crippen molar-refractivity contribution in [2.24, 2.45) is 102 Å². The molecule has 3 aromatic rings. The first-order valence-corrected chi connectivity index (χ1v) is 53.2. The Morgan fingerprint density at radius 3 is 0.742 bits per heavy atom. The molecule has 10 saturated carbocycles. The molecule has 716 valence electrons. The number of rotatable bonds is 0. The zero-order valence-electron chi connectivity index (χ0n) is 90.4. The molecule has 14 aliphatic rings. The van der Waals surface area contributed by atoms with Gasteiger partial charge in [-0.1, -0.05) is 484 Å². The van der Waals surface area contributed by atoms with E-state index in [4.69, 9.17) is 0 Å². The summed E-state index contributed by atoms with van der Waals surface area (Å²) in [5.74, 6) is 9.17. The van der Waals surface area contributed by atoms with Crippen molar-refractivity contribution in [3.63, 3.8) is 0 Å². The van der Waals surface area contributed by atoms with E-state index in [1.54, 1.807) is 5.57 Å². The molecule has 124 heavy (non-hydrogen) atoms. The Morgan fingerprint density at radius 1 is 0.258 bits per heavy atom. The molecule has 9 unspecified atom stereocenters. The van der Waals surface area contributed by atoms with Crippen LogP contribution >= 0.6 is 0 Å². The van der Waals surface area contributed by atoms with Gasteiger partial charge in [0.25, 0.3) is 0 Å². The molecule has 3 aromatic carbocycles. The van der Waals surface area contributed by atoms with Gasteiger partial charge in [-0.05, 0) is 297 Å². The maximum Gasteiger partial charge on any atom is 0.00106 e. The van der Waals surface area contributed by atoms with E-state index < -0.39 is 0 Å². The van der Waals surface area contributed by atoms with Crippen LogP contribution < -0.4 is 0 Å². The lowest BCUT2D eigenvalue weighted by Crippen LogP contribution is -2.20. The van der Waals surface area contributed by atoms with Crippen LogP contribution in [0.5, 0.6) is 0 Å². The molecule has 0 bridgehead atoms. The van der Waals surface area contributed by atoms with E-state index in [0.717, 1.165) is 64.1 Å². The fourth-order valence-corrected chi connectivity index (χ4v) is 18.0. The smallest absolute Gasteiger partial charge is 0.00106 e. The molecule has 0 radical (unpaired) electrons. The van der Waals surface area contributed by atoms with E-state index in [2.05, 4.69) is 363 Å². The van der Waals surface area contributed by atoms with Gasteiger partial charge < -0.3 is 0 Å². The predicted molar refractivity (Wildman–Crippen MR) is 568 cm³/mol. The molecular weight excluding hydrogens is 1490 g/mol. The molecule has 0 N–H and O–H groups in total. The van der Waals surface area contributed by atoms with Gasteiger partial charge in [0.05, 0.1) is 0 Å². The fraction of sp³-hybridized carbons (Fsp3) is 0.774. The minimum atomic E-state index is 0.333. The molecule has 14 aliphatic carbocycles. The highest BCUT2D eigenvalue weighted by atomic mass is 14.4. The number of aryl methyl sites for hydroxylation is 6. The van der Waals surface area contributed by atoms with E-state index in [1.807, 2.05) is 0 Å². The molecule has 10 fully saturated rings. The van der Waals surface area contributed by atoms with Gasteiger partial charge in [0.15, 0.2) is 0 Å². The number of hydrogen-bond donors (Lipinski definition) is 0. The van der Waals surface area contributed by atoms with Crippen molar-refractivity contribution in [1.29, 1.82) is 0 Å². The largest absolute Gasteiger partial charge is 0.0885 e. The number of allylic oxidation sites excluding steroid dienone is 10. The van der Waals surface area contributed by atoms with Gasteiger partial charge in [0, 0.05) is 5.41 Å². The first-order chi connectivity index (χ1) is 57.7. The molecule has 0 aromatic heterocycles. The lowest BCUT2D eigenvalue weighted by Gasteiger charge is -2.33. The van der Waals surface area contributed by atoms with Crippen LogP contribution in [0.3, 0.4) is 0 Å². The summed E-state index contributed by atoms with van der Waals surface area (Å²) < 4.78 is 0. The number of benzene rings is 3. The van der Waals surface area contributed by atoms with E-state index in [0.29, 0.717) is 37.9 Å². The van der Waals surface area contributed by atoms with Crippen LogP contribution in [0.1, 0.15) is 510 Å². The normalized spacial score (nSPS) is 27.2. The van der Waals surface area contributed by atoms with Gasteiger partial charge >= 0.3 is 0 Å². The minimum absolute atomic E-state index is 0.333. The van der Waals surface area contributed by atoms with Crippen LogP contribution in [-0.2, 0) is 0 Å². The summed E-state index contributed by atoms with van der Waals surface area (Å²) in [5.41, 5.74) is 15.2. The standard InChI is InChI=1S/C10H20.C9H18.C8H10.C8H16.C8H10.C8H16.C8H14.C8H10.C7H14.C7H12.C7H14.C7H12.C7H10.2C6H12.2C5H10/c1-10(2)8-6-4-3-5-7-9-10;1-9(2)7-5-3-4-6-8-9;1-7-3-5-8(2)6-4-7;2*1-7-4-3-5-8(2)6-7;2*1-8(2)6-4-3-5-7-8;1-7-5-3-4-6-8(7)2;2*1-6-3-4-7(2)5-6;3*1-7(2)5-3-4-6-7;1-6(2)4-3-5-6;1-5-3-4-6(5)2;1-5(2)3-4-5;1-4-3-5(4)2/h3-9H2,1-2H3;3-8H2,1-2H3;3-6H,1-2H3;7-8H,3-6H2,1-2H3;3-6H,1-2H3;3-7H2,1-2H3;3-4H,5-7H2,1-2H3;3-6H,1-2H3;6-7H,3-5H2,1-2H3;3,7H,4-5H2,1-2H3;3-6H2,1-2H3;3,5H,4,6H2,1-2H3;3-6H,1-2H3;3-5H2,1-2H3;5-6H,3-4H2,1-2H3;3-4H2,1-2H3;4-5H,3H2,1-2H3. The minimum Gasteiger partial charge on any atom is -0.0885 e. The van der Waals surface area contributed by atoms with Crippen molar-refractivity contribution in [2.45, 2.75) is 518 Å². The quantitative estimate of drug-likeness (QED) is 0.155. The van der Waals surface area contributed by atoms with Crippen LogP contribution in [0.4, 0.5) is 0 Å². The topological polar surface area (TPSA) is 0 Å². The van der Waals surface area contributed by atoms with Crippen molar-refractivity contribution in [3.8, 4) is 0 Å². The third-order valence-corrected chi connectivity index (χ3v) is 29.9. The molecule has 0 nitrogen and oxygen atoms in total. The zero-order chi connectivity index (χ0) is 93.7. The highest BCUT2D eigenvalue weighted by Gasteiger charge is 2.31. The molecule has 0 spiro atoms. The summed E-state index contributed by atoms with van der Waals surface area (Å²) in [5, 5.41) is 0. The highest BCUT2D eigenvalue weighted by Crippen LogP contribution is 2.44. The van der Waals surface area contributed by atoms with Crippen molar-refractivity contribution < 1.29 is 0 Å². The summed E-state index contributed by atoms with van der Waals surface area (Å²) in [6, 6.07) is 25.3. The molecule has 0 heterocycles. The van der Waals surface area contributed by atoms with Gasteiger partial charge in [0.2, 0.25) is 0 Å². The summed E-state index contributed by atoms with van der Waals surface area (Å²) >= 11 is 0. The Labute approximate surface area is 781 Å².